The van der Waals surface area contributed by atoms with Crippen molar-refractivity contribution in [3.8, 4) is 0 Å². The molecule has 0 aliphatic carbocycles. The first kappa shape index (κ1) is 13.0. The lowest BCUT2D eigenvalue weighted by atomic mass is 10.3. The molecular formula is C10H8N4O4S. The summed E-state index contributed by atoms with van der Waals surface area (Å²) in [7, 11) is 1.59. The van der Waals surface area contributed by atoms with Crippen molar-refractivity contribution in [3.63, 3.8) is 0 Å². The molecule has 0 spiro atoms. The fourth-order valence-electron chi connectivity index (χ4n) is 1.38. The van der Waals surface area contributed by atoms with Crippen molar-refractivity contribution in [1.29, 1.82) is 0 Å². The highest BCUT2D eigenvalue weighted by atomic mass is 32.2. The van der Waals surface area contributed by atoms with Crippen LogP contribution in [-0.2, 0) is 7.05 Å². The number of carbonyl (C=O) groups is 1. The van der Waals surface area contributed by atoms with Crippen molar-refractivity contribution >= 4 is 23.5 Å². The molecule has 9 heteroatoms. The summed E-state index contributed by atoms with van der Waals surface area (Å²) in [6.45, 7) is 0. The molecular weight excluding hydrogens is 272 g/mol. The van der Waals surface area contributed by atoms with Crippen molar-refractivity contribution in [2.24, 2.45) is 7.05 Å². The molecule has 2 rings (SSSR count). The van der Waals surface area contributed by atoms with Gasteiger partial charge in [0, 0.05) is 13.2 Å². The number of carboxylic acid groups (broad SMARTS) is 1. The number of nitro groups is 1. The van der Waals surface area contributed by atoms with E-state index in [0.717, 1.165) is 11.8 Å². The molecule has 1 N–H and O–H groups in total. The number of aromatic carboxylic acids is 1. The molecule has 0 fully saturated rings. The van der Waals surface area contributed by atoms with Crippen LogP contribution >= 0.6 is 11.8 Å². The first-order chi connectivity index (χ1) is 9.00. The molecule has 0 aliphatic heterocycles. The highest BCUT2D eigenvalue weighted by Crippen LogP contribution is 2.33. The SMILES string of the molecule is Cn1cnc([N+](=O)[O-])c1Sc1ncccc1C(=O)O. The molecule has 2 aromatic heterocycles. The molecule has 2 aromatic rings. The minimum Gasteiger partial charge on any atom is -0.478 e. The van der Waals surface area contributed by atoms with Gasteiger partial charge < -0.3 is 19.8 Å². The first-order valence-corrected chi connectivity index (χ1v) is 5.84. The summed E-state index contributed by atoms with van der Waals surface area (Å²) in [5, 5.41) is 20.3. The highest BCUT2D eigenvalue weighted by Gasteiger charge is 2.23. The third kappa shape index (κ3) is 2.55. The Balaban J connectivity index is 2.45. The third-order valence-corrected chi connectivity index (χ3v) is 3.42. The molecule has 0 saturated heterocycles. The molecule has 0 atom stereocenters. The lowest BCUT2D eigenvalue weighted by Crippen LogP contribution is -2.01. The fourth-order valence-corrected chi connectivity index (χ4v) is 2.35. The summed E-state index contributed by atoms with van der Waals surface area (Å²) in [5.41, 5.74) is -0.0111. The maximum Gasteiger partial charge on any atom is 0.396 e. The Labute approximate surface area is 111 Å². The molecule has 0 amide bonds. The van der Waals surface area contributed by atoms with Crippen LogP contribution in [0.25, 0.3) is 0 Å². The van der Waals surface area contributed by atoms with E-state index in [2.05, 4.69) is 9.97 Å². The summed E-state index contributed by atoms with van der Waals surface area (Å²) >= 11 is 0.898. The van der Waals surface area contributed by atoms with E-state index in [1.54, 1.807) is 7.05 Å². The number of nitrogens with zero attached hydrogens (tertiary/aromatic N) is 4. The van der Waals surface area contributed by atoms with Gasteiger partial charge in [-0.05, 0) is 33.8 Å². The topological polar surface area (TPSA) is 111 Å². The lowest BCUT2D eigenvalue weighted by Gasteiger charge is -2.04. The quantitative estimate of drug-likeness (QED) is 0.668. The minimum atomic E-state index is -1.14. The second-order valence-corrected chi connectivity index (χ2v) is 4.48. The first-order valence-electron chi connectivity index (χ1n) is 5.02. The van der Waals surface area contributed by atoms with E-state index in [1.807, 2.05) is 0 Å². The molecule has 19 heavy (non-hydrogen) atoms. The van der Waals surface area contributed by atoms with Gasteiger partial charge in [0.15, 0.2) is 5.03 Å². The van der Waals surface area contributed by atoms with Crippen LogP contribution < -0.4 is 0 Å². The van der Waals surface area contributed by atoms with Crippen LogP contribution in [0.15, 0.2) is 34.7 Å². The van der Waals surface area contributed by atoms with Crippen LogP contribution in [-0.4, -0.2) is 30.5 Å². The second-order valence-electron chi connectivity index (χ2n) is 3.50. The van der Waals surface area contributed by atoms with E-state index in [-0.39, 0.29) is 21.4 Å². The lowest BCUT2D eigenvalue weighted by molar-refractivity contribution is -0.392. The third-order valence-electron chi connectivity index (χ3n) is 2.23. The average Bonchev–Trinajstić information content (AvgIpc) is 2.72. The van der Waals surface area contributed by atoms with Gasteiger partial charge in [-0.1, -0.05) is 0 Å². The minimum absolute atomic E-state index is 0.0111. The van der Waals surface area contributed by atoms with Crippen LogP contribution in [0.1, 0.15) is 10.4 Å². The monoisotopic (exact) mass is 280 g/mol. The smallest absolute Gasteiger partial charge is 0.396 e. The Kier molecular flexibility index (Phi) is 3.47. The van der Waals surface area contributed by atoms with Crippen molar-refractivity contribution in [2.45, 2.75) is 10.1 Å². The summed E-state index contributed by atoms with van der Waals surface area (Å²) < 4.78 is 1.45. The van der Waals surface area contributed by atoms with Gasteiger partial charge in [-0.2, -0.15) is 0 Å². The molecule has 2 heterocycles. The van der Waals surface area contributed by atoms with Gasteiger partial charge in [0.25, 0.3) is 0 Å². The van der Waals surface area contributed by atoms with Gasteiger partial charge in [-0.3, -0.25) is 0 Å². The van der Waals surface area contributed by atoms with E-state index in [9.17, 15) is 14.9 Å². The van der Waals surface area contributed by atoms with Crippen molar-refractivity contribution in [2.75, 3.05) is 0 Å². The number of hydrogen-bond donors (Lipinski definition) is 1. The maximum absolute atomic E-state index is 11.0. The summed E-state index contributed by atoms with van der Waals surface area (Å²) in [5.74, 6) is -1.46. The molecule has 98 valence electrons. The number of carboxylic acids is 1. The number of rotatable bonds is 4. The van der Waals surface area contributed by atoms with Crippen LogP contribution in [0.2, 0.25) is 0 Å². The van der Waals surface area contributed by atoms with Crippen molar-refractivity contribution in [3.05, 3.63) is 40.3 Å². The van der Waals surface area contributed by atoms with E-state index in [0.29, 0.717) is 0 Å². The molecule has 0 bridgehead atoms. The van der Waals surface area contributed by atoms with Crippen LogP contribution in [0, 0.1) is 10.1 Å². The average molecular weight is 280 g/mol. The second kappa shape index (κ2) is 5.06. The van der Waals surface area contributed by atoms with E-state index >= 15 is 0 Å². The zero-order valence-electron chi connectivity index (χ0n) is 9.68. The molecule has 0 radical (unpaired) electrons. The number of hydrogen-bond acceptors (Lipinski definition) is 6. The fraction of sp³-hybridized carbons (Fsp3) is 0.100. The molecule has 0 unspecified atom stereocenters. The Bertz CT molecular complexity index is 655. The largest absolute Gasteiger partial charge is 0.478 e. The summed E-state index contributed by atoms with van der Waals surface area (Å²) in [6, 6.07) is 2.88. The summed E-state index contributed by atoms with van der Waals surface area (Å²) in [6.07, 6.45) is 2.72. The molecule has 0 aliphatic rings. The number of aromatic nitrogens is 3. The number of pyridine rings is 1. The van der Waals surface area contributed by atoms with Gasteiger partial charge in [0.2, 0.25) is 6.33 Å². The zero-order chi connectivity index (χ0) is 14.0. The predicted octanol–water partition coefficient (Wildman–Crippen LogP) is 1.57. The van der Waals surface area contributed by atoms with Gasteiger partial charge in [0.1, 0.15) is 5.03 Å². The molecule has 8 nitrogen and oxygen atoms in total. The number of imidazole rings is 1. The van der Waals surface area contributed by atoms with E-state index in [4.69, 9.17) is 5.11 Å². The number of aryl methyl sites for hydroxylation is 1. The van der Waals surface area contributed by atoms with Gasteiger partial charge >= 0.3 is 11.8 Å². The predicted molar refractivity (Wildman–Crippen MR) is 65.2 cm³/mol. The van der Waals surface area contributed by atoms with Gasteiger partial charge in [-0.15, -0.1) is 0 Å². The summed E-state index contributed by atoms with van der Waals surface area (Å²) in [4.78, 5) is 28.8. The van der Waals surface area contributed by atoms with Crippen molar-refractivity contribution in [1.82, 2.24) is 14.5 Å². The Morgan fingerprint density at radius 3 is 2.89 bits per heavy atom. The van der Waals surface area contributed by atoms with Gasteiger partial charge in [0.05, 0.1) is 5.56 Å². The van der Waals surface area contributed by atoms with E-state index in [1.165, 1.54) is 29.2 Å². The molecule has 0 saturated carbocycles. The highest BCUT2D eigenvalue weighted by molar-refractivity contribution is 7.99. The van der Waals surface area contributed by atoms with Crippen LogP contribution in [0.3, 0.4) is 0 Å². The standard InChI is InChI=1S/C10H8N4O4S/c1-13-5-12-7(14(17)18)9(13)19-8-6(10(15)16)3-2-4-11-8/h2-5H,1H3,(H,15,16). The zero-order valence-corrected chi connectivity index (χ0v) is 10.5. The Morgan fingerprint density at radius 1 is 1.53 bits per heavy atom. The molecule has 0 aromatic carbocycles. The van der Waals surface area contributed by atoms with E-state index < -0.39 is 10.9 Å². The van der Waals surface area contributed by atoms with Crippen LogP contribution in [0.4, 0.5) is 5.82 Å². The normalized spacial score (nSPS) is 10.4. The van der Waals surface area contributed by atoms with Crippen molar-refractivity contribution < 1.29 is 14.8 Å². The van der Waals surface area contributed by atoms with Crippen LogP contribution in [0.5, 0.6) is 0 Å². The Hall–Kier alpha value is -2.42. The van der Waals surface area contributed by atoms with Gasteiger partial charge in [-0.25, -0.2) is 9.78 Å². The maximum atomic E-state index is 11.0. The Morgan fingerprint density at radius 2 is 2.26 bits per heavy atom.